The fourth-order valence-corrected chi connectivity index (χ4v) is 4.91. The second-order valence-corrected chi connectivity index (χ2v) is 8.82. The second-order valence-electron chi connectivity index (χ2n) is 7.87. The number of hydrogen-bond donors (Lipinski definition) is 1. The number of nitrogens with one attached hydrogen (secondary N) is 1. The number of amides is 1. The summed E-state index contributed by atoms with van der Waals surface area (Å²) >= 11 is 1.25. The molecule has 0 radical (unpaired) electrons. The van der Waals surface area contributed by atoms with E-state index in [4.69, 9.17) is 14.9 Å². The van der Waals surface area contributed by atoms with Crippen LogP contribution < -0.4 is 9.47 Å². The number of rotatable bonds is 5. The van der Waals surface area contributed by atoms with Crippen LogP contribution >= 0.6 is 11.8 Å². The van der Waals surface area contributed by atoms with Crippen molar-refractivity contribution in [1.82, 2.24) is 14.6 Å². The van der Waals surface area contributed by atoms with Crippen LogP contribution in [0.4, 0.5) is 0 Å². The maximum absolute atomic E-state index is 12.9. The molecule has 2 aliphatic heterocycles. The molecule has 4 heterocycles. The Morgan fingerprint density at radius 2 is 1.94 bits per heavy atom. The number of carbonyl (C=O) groups is 1. The van der Waals surface area contributed by atoms with Crippen molar-refractivity contribution in [2.75, 3.05) is 14.2 Å². The first-order valence-corrected chi connectivity index (χ1v) is 11.5. The van der Waals surface area contributed by atoms with Crippen LogP contribution in [0.25, 0.3) is 11.8 Å². The van der Waals surface area contributed by atoms with Crippen LogP contribution in [0, 0.1) is 19.3 Å². The summed E-state index contributed by atoms with van der Waals surface area (Å²) in [6, 6.07) is 11.2. The van der Waals surface area contributed by atoms with Gasteiger partial charge in [0, 0.05) is 35.4 Å². The molecule has 176 valence electrons. The Morgan fingerprint density at radius 3 is 2.66 bits per heavy atom. The van der Waals surface area contributed by atoms with E-state index in [-0.39, 0.29) is 11.4 Å². The van der Waals surface area contributed by atoms with E-state index < -0.39 is 5.91 Å². The van der Waals surface area contributed by atoms with Gasteiger partial charge in [0.05, 0.1) is 25.5 Å². The van der Waals surface area contributed by atoms with Crippen molar-refractivity contribution < 1.29 is 14.3 Å². The van der Waals surface area contributed by atoms with Gasteiger partial charge in [-0.3, -0.25) is 15.2 Å². The van der Waals surface area contributed by atoms with Gasteiger partial charge < -0.3 is 14.0 Å². The Bertz CT molecular complexity index is 1460. The Kier molecular flexibility index (Phi) is 5.73. The fourth-order valence-electron chi connectivity index (χ4n) is 4.03. The first-order chi connectivity index (χ1) is 16.9. The molecule has 1 N–H and O–H groups in total. The molecule has 3 aromatic rings. The van der Waals surface area contributed by atoms with Gasteiger partial charge in [-0.25, -0.2) is 0 Å². The number of benzene rings is 1. The van der Waals surface area contributed by atoms with E-state index in [2.05, 4.69) is 15.1 Å². The van der Waals surface area contributed by atoms with Crippen LogP contribution in [0.15, 0.2) is 64.5 Å². The van der Waals surface area contributed by atoms with Crippen molar-refractivity contribution in [2.45, 2.75) is 13.8 Å². The Balaban J connectivity index is 1.54. The van der Waals surface area contributed by atoms with Crippen molar-refractivity contribution >= 4 is 39.8 Å². The number of carbonyl (C=O) groups excluding carboxylic acids is 1. The minimum Gasteiger partial charge on any atom is -0.497 e. The number of aromatic nitrogens is 2. The van der Waals surface area contributed by atoms with Crippen molar-refractivity contribution in [3.63, 3.8) is 0 Å². The van der Waals surface area contributed by atoms with Gasteiger partial charge in [0.1, 0.15) is 16.5 Å². The van der Waals surface area contributed by atoms with Gasteiger partial charge in [0.15, 0.2) is 5.84 Å². The summed E-state index contributed by atoms with van der Waals surface area (Å²) in [5.41, 5.74) is 4.40. The smallest absolute Gasteiger partial charge is 0.283 e. The molecule has 1 aromatic carbocycles. The van der Waals surface area contributed by atoms with E-state index in [1.54, 1.807) is 32.7 Å². The number of thioether (sulfide) groups is 1. The number of ether oxygens (including phenoxy) is 2. The highest BCUT2D eigenvalue weighted by atomic mass is 32.2. The SMILES string of the molecule is COc1ccc(OC)c(-n2c(C)cc(/C=C3\C(=N)N4N=C(c5cccnc5)SC4=NC3=O)c2C)c1. The molecule has 0 aliphatic carbocycles. The number of amidine groups is 2. The molecule has 9 nitrogen and oxygen atoms in total. The van der Waals surface area contributed by atoms with Crippen LogP contribution in [0.1, 0.15) is 22.5 Å². The van der Waals surface area contributed by atoms with Gasteiger partial charge in [-0.05, 0) is 67.6 Å². The van der Waals surface area contributed by atoms with Crippen molar-refractivity contribution in [1.29, 1.82) is 5.41 Å². The van der Waals surface area contributed by atoms with Crippen LogP contribution in [0.5, 0.6) is 11.5 Å². The second kappa shape index (κ2) is 8.88. The Hall–Kier alpha value is -4.18. The van der Waals surface area contributed by atoms with E-state index in [1.165, 1.54) is 16.8 Å². The normalized spacial score (nSPS) is 16.3. The third-order valence-corrected chi connectivity index (χ3v) is 6.72. The third-order valence-electron chi connectivity index (χ3n) is 5.76. The number of hydrazone groups is 1. The lowest BCUT2D eigenvalue weighted by Gasteiger charge is -2.20. The highest BCUT2D eigenvalue weighted by molar-refractivity contribution is 8.27. The van der Waals surface area contributed by atoms with Gasteiger partial charge in [-0.1, -0.05) is 0 Å². The third kappa shape index (κ3) is 3.91. The highest BCUT2D eigenvalue weighted by Crippen LogP contribution is 2.34. The molecule has 0 spiro atoms. The van der Waals surface area contributed by atoms with Gasteiger partial charge in [-0.2, -0.15) is 15.1 Å². The average molecular weight is 487 g/mol. The molecule has 0 bridgehead atoms. The summed E-state index contributed by atoms with van der Waals surface area (Å²) in [5.74, 6) is 0.900. The van der Waals surface area contributed by atoms with Crippen LogP contribution in [-0.2, 0) is 4.79 Å². The molecule has 35 heavy (non-hydrogen) atoms. The molecule has 10 heteroatoms. The Morgan fingerprint density at radius 1 is 1.11 bits per heavy atom. The summed E-state index contributed by atoms with van der Waals surface area (Å²) in [6.07, 6.45) is 5.06. The molecule has 0 unspecified atom stereocenters. The van der Waals surface area contributed by atoms with Gasteiger partial charge in [0.2, 0.25) is 5.17 Å². The van der Waals surface area contributed by atoms with E-state index in [0.717, 1.165) is 28.2 Å². The molecular formula is C25H22N6O3S. The number of pyridine rings is 1. The monoisotopic (exact) mass is 486 g/mol. The molecule has 5 rings (SSSR count). The minimum absolute atomic E-state index is 0.0184. The zero-order valence-electron chi connectivity index (χ0n) is 19.6. The predicted octanol–water partition coefficient (Wildman–Crippen LogP) is 4.17. The highest BCUT2D eigenvalue weighted by Gasteiger charge is 2.36. The van der Waals surface area contributed by atoms with E-state index >= 15 is 0 Å². The lowest BCUT2D eigenvalue weighted by Crippen LogP contribution is -2.35. The number of hydrogen-bond acceptors (Lipinski definition) is 7. The summed E-state index contributed by atoms with van der Waals surface area (Å²) in [4.78, 5) is 21.2. The lowest BCUT2D eigenvalue weighted by molar-refractivity contribution is -0.114. The van der Waals surface area contributed by atoms with Crippen molar-refractivity contribution in [2.24, 2.45) is 10.1 Å². The molecule has 0 saturated carbocycles. The Labute approximate surface area is 206 Å². The molecule has 1 amide bonds. The first kappa shape index (κ1) is 22.6. The number of aliphatic imine (C=N–C) groups is 1. The van der Waals surface area contributed by atoms with E-state index in [0.29, 0.717) is 21.7 Å². The predicted molar refractivity (Wildman–Crippen MR) is 137 cm³/mol. The summed E-state index contributed by atoms with van der Waals surface area (Å²) in [5, 5.41) is 15.6. The summed E-state index contributed by atoms with van der Waals surface area (Å²) < 4.78 is 13.0. The average Bonchev–Trinajstić information content (AvgIpc) is 3.42. The van der Waals surface area contributed by atoms with E-state index in [9.17, 15) is 4.79 Å². The zero-order chi connectivity index (χ0) is 24.7. The summed E-state index contributed by atoms with van der Waals surface area (Å²) in [6.45, 7) is 3.92. The molecule has 0 atom stereocenters. The standard InChI is InChI=1S/C25H22N6O3S/c1-14-10-17(15(2)30(14)20-12-18(33-3)7-8-21(20)34-4)11-19-22(26)31-25(28-23(19)32)35-24(29-31)16-6-5-9-27-13-16/h5-13,26H,1-4H3/b19-11+,26-22?. The molecular weight excluding hydrogens is 464 g/mol. The number of fused-ring (bicyclic) bond motifs is 1. The number of methoxy groups -OCH3 is 2. The maximum atomic E-state index is 12.9. The molecule has 0 saturated heterocycles. The topological polar surface area (TPSA) is 105 Å². The largest absolute Gasteiger partial charge is 0.497 e. The fraction of sp³-hybridized carbons (Fsp3) is 0.160. The van der Waals surface area contributed by atoms with Gasteiger partial charge in [0.25, 0.3) is 5.91 Å². The van der Waals surface area contributed by atoms with Crippen LogP contribution in [0.2, 0.25) is 0 Å². The van der Waals surface area contributed by atoms with Crippen molar-refractivity contribution in [3.05, 3.63) is 76.9 Å². The molecule has 0 fully saturated rings. The molecule has 2 aromatic heterocycles. The van der Waals surface area contributed by atoms with Gasteiger partial charge in [-0.15, -0.1) is 0 Å². The van der Waals surface area contributed by atoms with Crippen LogP contribution in [0.3, 0.4) is 0 Å². The maximum Gasteiger partial charge on any atom is 0.283 e. The summed E-state index contributed by atoms with van der Waals surface area (Å²) in [7, 11) is 3.24. The minimum atomic E-state index is -0.472. The lowest BCUT2D eigenvalue weighted by atomic mass is 10.1. The van der Waals surface area contributed by atoms with Gasteiger partial charge >= 0.3 is 0 Å². The van der Waals surface area contributed by atoms with Crippen LogP contribution in [-0.4, -0.2) is 50.7 Å². The first-order valence-electron chi connectivity index (χ1n) is 10.7. The quantitative estimate of drug-likeness (QED) is 0.543. The van der Waals surface area contributed by atoms with E-state index in [1.807, 2.05) is 54.8 Å². The van der Waals surface area contributed by atoms with Crippen molar-refractivity contribution in [3.8, 4) is 17.2 Å². The number of aryl methyl sites for hydroxylation is 1. The molecule has 2 aliphatic rings. The number of nitrogens with zero attached hydrogens (tertiary/aromatic N) is 5. The zero-order valence-corrected chi connectivity index (χ0v) is 20.4.